The van der Waals surface area contributed by atoms with Crippen LogP contribution in [0.25, 0.3) is 45.1 Å². The number of H-pyrrole nitrogens is 1. The molecule has 0 saturated carbocycles. The lowest BCUT2D eigenvalue weighted by Crippen LogP contribution is -2.32. The number of fused-ring (bicyclic) bond motifs is 12. The Morgan fingerprint density at radius 1 is 0.398 bits per heavy atom. The number of aromatic nitrogens is 7. The SMILES string of the molecule is Cc1nc2c([nH]1)CCN(C(=O)c1ccccc1)c1ccccc1-2.Cc1nc2c(n1Cc1ccccc1)-c1ccccc1N(C(=O)c1ccccc1)CC2.Cc1nc2c(n1Cc1ccccc1)-c1ccccc1NCC2.Cc1nc2c(o1)-c1ccccc1N(C(=O)c1ccccc1)CC2. The summed E-state index contributed by atoms with van der Waals surface area (Å²) in [6, 6.07) is 81.9. The molecule has 486 valence electrons. The van der Waals surface area contributed by atoms with Crippen LogP contribution in [0.5, 0.6) is 0 Å². The predicted molar refractivity (Wildman–Crippen MR) is 389 cm³/mol. The van der Waals surface area contributed by atoms with Crippen molar-refractivity contribution in [2.24, 2.45) is 0 Å². The van der Waals surface area contributed by atoms with Crippen molar-refractivity contribution in [2.45, 2.75) is 66.5 Å². The molecular weight excluding hydrogens is 1210 g/mol. The van der Waals surface area contributed by atoms with E-state index in [0.717, 1.165) is 124 Å². The fourth-order valence-electron chi connectivity index (χ4n) is 13.7. The zero-order chi connectivity index (χ0) is 67.1. The Bertz CT molecular complexity index is 4830. The number of nitrogens with one attached hydrogen (secondary N) is 2. The maximum Gasteiger partial charge on any atom is 0.258 e. The number of aromatic amines is 1. The second kappa shape index (κ2) is 28.5. The zero-order valence-electron chi connectivity index (χ0n) is 55.4. The smallest absolute Gasteiger partial charge is 0.258 e. The van der Waals surface area contributed by atoms with Gasteiger partial charge in [-0.3, -0.25) is 14.4 Å². The number of carbonyl (C=O) groups excluding carboxylic acids is 3. The molecule has 0 spiro atoms. The van der Waals surface area contributed by atoms with E-state index in [2.05, 4.69) is 128 Å². The first-order valence-corrected chi connectivity index (χ1v) is 33.5. The molecule has 3 amide bonds. The van der Waals surface area contributed by atoms with E-state index in [-0.39, 0.29) is 17.7 Å². The third-order valence-corrected chi connectivity index (χ3v) is 18.3. The monoisotopic (exact) mass is 1290 g/mol. The average molecular weight is 1290 g/mol. The molecule has 2 N–H and O–H groups in total. The third kappa shape index (κ3) is 13.3. The fraction of sp³-hybridized carbons (Fsp3) is 0.169. The maximum atomic E-state index is 13.3. The van der Waals surface area contributed by atoms with Gasteiger partial charge in [-0.2, -0.15) is 0 Å². The molecule has 9 aromatic carbocycles. The van der Waals surface area contributed by atoms with E-state index in [4.69, 9.17) is 14.4 Å². The van der Waals surface area contributed by atoms with E-state index in [9.17, 15) is 14.4 Å². The van der Waals surface area contributed by atoms with Crippen LogP contribution < -0.4 is 20.0 Å². The molecule has 15 heteroatoms. The lowest BCUT2D eigenvalue weighted by Gasteiger charge is -2.23. The quantitative estimate of drug-likeness (QED) is 0.158. The highest BCUT2D eigenvalue weighted by Gasteiger charge is 2.32. The van der Waals surface area contributed by atoms with Crippen LogP contribution in [0.1, 0.15) is 88.3 Å². The van der Waals surface area contributed by atoms with E-state index in [1.807, 2.05) is 192 Å². The number of rotatable bonds is 7. The minimum Gasteiger partial charge on any atom is -0.441 e. The molecule has 0 fully saturated rings. The highest BCUT2D eigenvalue weighted by atomic mass is 16.4. The van der Waals surface area contributed by atoms with Crippen LogP contribution in [0, 0.1) is 27.7 Å². The van der Waals surface area contributed by atoms with Gasteiger partial charge in [-0.25, -0.2) is 19.9 Å². The number of aryl methyl sites for hydroxylation is 4. The number of benzene rings is 9. The van der Waals surface area contributed by atoms with Gasteiger partial charge in [0.25, 0.3) is 17.7 Å². The second-order valence-electron chi connectivity index (χ2n) is 24.7. The standard InChI is InChI=1S/C26H23N3O.C19H17N3O.C19H19N3.C19H16N2O2/c1-19-27-23-16-17-28(26(30)21-12-6-3-7-13-21)24-15-9-8-14-22(24)25(23)29(19)18-20-10-4-2-5-11-20;1-13-20-16-11-12-22(19(23)14-7-3-2-4-8-14)17-10-6-5-9-15(17)18(16)21-13;1-14-21-18-11-12-20-17-10-6-5-9-16(17)19(18)22(14)13-15-7-3-2-4-8-15;1-13-20-16-11-12-21(19(22)14-7-3-2-4-8-14)17-10-6-5-9-15(17)18(16)23-13/h2-15H,16-18H2,1H3;2-10H,11-12H2,1H3,(H,20,21);2-10,20H,11-13H2,1H3;2-10H,11-12H2,1H3. The van der Waals surface area contributed by atoms with Crippen LogP contribution in [-0.2, 0) is 38.8 Å². The Morgan fingerprint density at radius 2 is 0.796 bits per heavy atom. The van der Waals surface area contributed by atoms with Crippen LogP contribution >= 0.6 is 0 Å². The summed E-state index contributed by atoms with van der Waals surface area (Å²) in [6.07, 6.45) is 3.14. The van der Waals surface area contributed by atoms with Crippen LogP contribution in [0.3, 0.4) is 0 Å². The highest BCUT2D eigenvalue weighted by Crippen LogP contribution is 2.41. The van der Waals surface area contributed by atoms with Crippen molar-refractivity contribution in [3.63, 3.8) is 0 Å². The van der Waals surface area contributed by atoms with Crippen molar-refractivity contribution in [2.75, 3.05) is 46.2 Å². The summed E-state index contributed by atoms with van der Waals surface area (Å²) < 4.78 is 10.4. The Hall–Kier alpha value is -12.0. The topological polar surface area (TPSA) is 163 Å². The Labute approximate surface area is 570 Å². The van der Waals surface area contributed by atoms with Crippen molar-refractivity contribution in [3.8, 4) is 45.1 Å². The predicted octanol–water partition coefficient (Wildman–Crippen LogP) is 16.4. The molecule has 0 aliphatic carbocycles. The molecule has 0 unspecified atom stereocenters. The number of para-hydroxylation sites is 4. The van der Waals surface area contributed by atoms with Gasteiger partial charge < -0.3 is 38.6 Å². The third-order valence-electron chi connectivity index (χ3n) is 18.3. The summed E-state index contributed by atoms with van der Waals surface area (Å²) in [5.74, 6) is 4.49. The molecule has 17 rings (SSSR count). The normalized spacial score (nSPS) is 13.0. The lowest BCUT2D eigenvalue weighted by atomic mass is 10.1. The molecule has 4 aromatic heterocycles. The minimum absolute atomic E-state index is 0.0000694. The molecule has 0 saturated heterocycles. The summed E-state index contributed by atoms with van der Waals surface area (Å²) in [4.78, 5) is 66.9. The number of oxazole rings is 1. The van der Waals surface area contributed by atoms with Crippen LogP contribution in [0.2, 0.25) is 0 Å². The Morgan fingerprint density at radius 3 is 1.33 bits per heavy atom. The first kappa shape index (κ1) is 63.4. The van der Waals surface area contributed by atoms with Crippen molar-refractivity contribution in [1.29, 1.82) is 0 Å². The fourth-order valence-corrected chi connectivity index (χ4v) is 13.7. The van der Waals surface area contributed by atoms with Gasteiger partial charge in [0.15, 0.2) is 11.7 Å². The number of imidazole rings is 3. The molecule has 13 aromatic rings. The van der Waals surface area contributed by atoms with Crippen molar-refractivity contribution >= 4 is 40.5 Å². The molecule has 4 aliphatic rings. The maximum absolute atomic E-state index is 13.3. The highest BCUT2D eigenvalue weighted by molar-refractivity contribution is 6.10. The first-order chi connectivity index (χ1) is 48.0. The molecular formula is C83H75N11O4. The lowest BCUT2D eigenvalue weighted by molar-refractivity contribution is 0.0979. The van der Waals surface area contributed by atoms with E-state index in [1.54, 1.807) is 0 Å². The molecule has 0 bridgehead atoms. The van der Waals surface area contributed by atoms with Gasteiger partial charge in [0, 0.05) is 122 Å². The van der Waals surface area contributed by atoms with Crippen molar-refractivity contribution in [3.05, 3.63) is 323 Å². The van der Waals surface area contributed by atoms with Crippen LogP contribution in [0.15, 0.2) is 253 Å². The van der Waals surface area contributed by atoms with Crippen molar-refractivity contribution < 1.29 is 18.8 Å². The number of amides is 3. The number of nitrogens with zero attached hydrogens (tertiary/aromatic N) is 9. The van der Waals surface area contributed by atoms with Crippen LogP contribution in [-0.4, -0.2) is 78.0 Å². The summed E-state index contributed by atoms with van der Waals surface area (Å²) >= 11 is 0. The summed E-state index contributed by atoms with van der Waals surface area (Å²) in [5.41, 5.74) is 20.4. The van der Waals surface area contributed by atoms with Gasteiger partial charge in [0.05, 0.1) is 51.2 Å². The molecule has 8 heterocycles. The largest absolute Gasteiger partial charge is 0.441 e. The zero-order valence-corrected chi connectivity index (χ0v) is 55.4. The van der Waals surface area contributed by atoms with E-state index in [1.165, 1.54) is 33.8 Å². The number of anilines is 4. The average Bonchev–Trinajstić information content (AvgIpc) is 1.61. The summed E-state index contributed by atoms with van der Waals surface area (Å²) in [5, 5.41) is 3.52. The molecule has 0 atom stereocenters. The summed E-state index contributed by atoms with van der Waals surface area (Å²) in [7, 11) is 0. The van der Waals surface area contributed by atoms with Gasteiger partial charge in [-0.15, -0.1) is 0 Å². The number of carbonyl (C=O) groups is 3. The van der Waals surface area contributed by atoms with Gasteiger partial charge in [0.1, 0.15) is 17.5 Å². The summed E-state index contributed by atoms with van der Waals surface area (Å²) in [6.45, 7) is 12.4. The molecule has 4 aliphatic heterocycles. The van der Waals surface area contributed by atoms with Crippen molar-refractivity contribution in [1.82, 2.24) is 34.1 Å². The number of hydrogen-bond acceptors (Lipinski definition) is 9. The van der Waals surface area contributed by atoms with Gasteiger partial charge in [-0.05, 0) is 98.6 Å². The van der Waals surface area contributed by atoms with E-state index in [0.29, 0.717) is 48.6 Å². The van der Waals surface area contributed by atoms with Crippen LogP contribution in [0.4, 0.5) is 22.7 Å². The van der Waals surface area contributed by atoms with Gasteiger partial charge >= 0.3 is 0 Å². The Kier molecular flexibility index (Phi) is 18.5. The molecule has 15 nitrogen and oxygen atoms in total. The second-order valence-corrected chi connectivity index (χ2v) is 24.7. The molecule has 0 radical (unpaired) electrons. The van der Waals surface area contributed by atoms with E-state index < -0.39 is 0 Å². The van der Waals surface area contributed by atoms with E-state index >= 15 is 0 Å². The molecule has 98 heavy (non-hydrogen) atoms. The van der Waals surface area contributed by atoms with Gasteiger partial charge in [0.2, 0.25) is 0 Å². The minimum atomic E-state index is -0.0000694. The van der Waals surface area contributed by atoms with Gasteiger partial charge in [-0.1, -0.05) is 182 Å². The number of hydrogen-bond donors (Lipinski definition) is 2. The first-order valence-electron chi connectivity index (χ1n) is 33.5. The Balaban J connectivity index is 0.000000113.